The number of methoxy groups -OCH3 is 1. The summed E-state index contributed by atoms with van der Waals surface area (Å²) in [5.74, 6) is -4.82. The van der Waals surface area contributed by atoms with Gasteiger partial charge >= 0.3 is 24.3 Å². The minimum absolute atomic E-state index is 0.459. The molecule has 2 atom stereocenters. The Kier molecular flexibility index (Phi) is 11.4. The molecule has 0 radical (unpaired) electrons. The summed E-state index contributed by atoms with van der Waals surface area (Å²) in [5.41, 5.74) is 1.89. The van der Waals surface area contributed by atoms with Crippen molar-refractivity contribution in [2.24, 2.45) is 11.3 Å². The van der Waals surface area contributed by atoms with Crippen LogP contribution in [-0.2, 0) is 20.9 Å². The number of benzene rings is 1. The predicted molar refractivity (Wildman–Crippen MR) is 114 cm³/mol. The van der Waals surface area contributed by atoms with Crippen LogP contribution in [0.1, 0.15) is 18.9 Å². The van der Waals surface area contributed by atoms with Crippen LogP contribution in [0.25, 0.3) is 0 Å². The van der Waals surface area contributed by atoms with E-state index in [2.05, 4.69) is 47.1 Å². The Balaban J connectivity index is 0.000000362. The van der Waals surface area contributed by atoms with Gasteiger partial charge in [-0.25, -0.2) is 9.59 Å². The second-order valence-electron chi connectivity index (χ2n) is 8.39. The molecule has 0 unspecified atom stereocenters. The Hall–Kier alpha value is -2.38. The molecule has 200 valence electrons. The predicted octanol–water partition coefficient (Wildman–Crippen LogP) is 3.74. The highest BCUT2D eigenvalue weighted by Gasteiger charge is 2.49. The van der Waals surface area contributed by atoms with E-state index in [0.717, 1.165) is 13.2 Å². The zero-order valence-corrected chi connectivity index (χ0v) is 19.4. The minimum Gasteiger partial charge on any atom is -0.475 e. The summed E-state index contributed by atoms with van der Waals surface area (Å²) in [6, 6.07) is 10.9. The molecule has 0 aromatic heterocycles. The molecule has 0 saturated carbocycles. The van der Waals surface area contributed by atoms with Crippen molar-refractivity contribution in [1.29, 1.82) is 0 Å². The van der Waals surface area contributed by atoms with Crippen LogP contribution >= 0.6 is 0 Å². The summed E-state index contributed by atoms with van der Waals surface area (Å²) in [4.78, 5) is 23.0. The lowest BCUT2D eigenvalue weighted by Gasteiger charge is -2.30. The van der Waals surface area contributed by atoms with Gasteiger partial charge in [-0.05, 0) is 25.1 Å². The van der Waals surface area contributed by atoms with Crippen LogP contribution < -0.4 is 0 Å². The fourth-order valence-electron chi connectivity index (χ4n) is 4.24. The topological polar surface area (TPSA) is 90.3 Å². The Bertz CT molecular complexity index is 782. The van der Waals surface area contributed by atoms with E-state index < -0.39 is 24.3 Å². The molecule has 13 heteroatoms. The monoisotopic (exact) mass is 516 g/mol. The number of halogens is 6. The number of aliphatic carboxylic acids is 2. The molecular weight excluding hydrogens is 486 g/mol. The van der Waals surface area contributed by atoms with E-state index in [0.29, 0.717) is 11.3 Å². The lowest BCUT2D eigenvalue weighted by atomic mass is 9.77. The third kappa shape index (κ3) is 10.0. The molecule has 7 nitrogen and oxygen atoms in total. The molecule has 35 heavy (non-hydrogen) atoms. The van der Waals surface area contributed by atoms with E-state index in [-0.39, 0.29) is 0 Å². The highest BCUT2D eigenvalue weighted by Crippen LogP contribution is 2.44. The van der Waals surface area contributed by atoms with Crippen LogP contribution in [0.2, 0.25) is 0 Å². The highest BCUT2D eigenvalue weighted by atomic mass is 19.4. The van der Waals surface area contributed by atoms with Crippen LogP contribution in [0, 0.1) is 11.3 Å². The quantitative estimate of drug-likeness (QED) is 0.577. The van der Waals surface area contributed by atoms with E-state index in [4.69, 9.17) is 24.5 Å². The maximum Gasteiger partial charge on any atom is 0.490 e. The van der Waals surface area contributed by atoms with E-state index in [1.165, 1.54) is 44.7 Å². The number of likely N-dealkylation sites (tertiary alicyclic amines) is 2. The molecule has 0 bridgehead atoms. The molecule has 2 saturated heterocycles. The van der Waals surface area contributed by atoms with Crippen molar-refractivity contribution < 1.29 is 50.9 Å². The summed E-state index contributed by atoms with van der Waals surface area (Å²) < 4.78 is 69.0. The van der Waals surface area contributed by atoms with Gasteiger partial charge in [-0.2, -0.15) is 26.3 Å². The van der Waals surface area contributed by atoms with Crippen molar-refractivity contribution in [3.63, 3.8) is 0 Å². The largest absolute Gasteiger partial charge is 0.490 e. The molecule has 2 aliphatic rings. The van der Waals surface area contributed by atoms with Crippen molar-refractivity contribution >= 4 is 11.9 Å². The van der Waals surface area contributed by atoms with Crippen molar-refractivity contribution in [3.05, 3.63) is 35.9 Å². The van der Waals surface area contributed by atoms with Gasteiger partial charge in [-0.3, -0.25) is 4.90 Å². The second-order valence-corrected chi connectivity index (χ2v) is 8.39. The standard InChI is InChI=1S/C18H28N2O.2C2HF3O2/c1-3-19-12-17(13-21-2)18(14-19)9-10-20(15-18)11-16-7-5-4-6-8-16;2*3-2(4,5)1(6)7/h4-8,17H,3,9-15H2,1-2H3;2*(H,6,7)/t17-,18-;;/m1../s1. The van der Waals surface area contributed by atoms with E-state index in [9.17, 15) is 26.3 Å². The first-order valence-electron chi connectivity index (χ1n) is 10.7. The van der Waals surface area contributed by atoms with Gasteiger partial charge < -0.3 is 19.8 Å². The number of carboxylic acids is 2. The van der Waals surface area contributed by atoms with Crippen LogP contribution in [-0.4, -0.2) is 90.7 Å². The second kappa shape index (κ2) is 13.1. The van der Waals surface area contributed by atoms with Gasteiger partial charge in [0.1, 0.15) is 0 Å². The van der Waals surface area contributed by atoms with Gasteiger partial charge in [0.25, 0.3) is 0 Å². The first-order chi connectivity index (χ1) is 16.1. The Morgan fingerprint density at radius 3 is 1.91 bits per heavy atom. The van der Waals surface area contributed by atoms with Crippen LogP contribution in [0.3, 0.4) is 0 Å². The number of hydrogen-bond acceptors (Lipinski definition) is 5. The summed E-state index contributed by atoms with van der Waals surface area (Å²) >= 11 is 0. The zero-order chi connectivity index (χ0) is 26.9. The van der Waals surface area contributed by atoms with Crippen LogP contribution in [0.15, 0.2) is 30.3 Å². The fourth-order valence-corrected chi connectivity index (χ4v) is 4.24. The fraction of sp³-hybridized carbons (Fsp3) is 0.636. The number of ether oxygens (including phenoxy) is 1. The van der Waals surface area contributed by atoms with Gasteiger partial charge in [0.05, 0.1) is 6.61 Å². The molecular formula is C22H30F6N2O5. The Morgan fingerprint density at radius 1 is 1.00 bits per heavy atom. The summed E-state index contributed by atoms with van der Waals surface area (Å²) in [6.45, 7) is 10.4. The molecule has 1 aromatic carbocycles. The minimum atomic E-state index is -5.08. The third-order valence-electron chi connectivity index (χ3n) is 5.90. The normalized spacial score (nSPS) is 22.8. The van der Waals surface area contributed by atoms with Crippen molar-refractivity contribution in [1.82, 2.24) is 9.80 Å². The third-order valence-corrected chi connectivity index (χ3v) is 5.90. The number of rotatable bonds is 5. The van der Waals surface area contributed by atoms with E-state index in [1.54, 1.807) is 0 Å². The molecule has 2 N–H and O–H groups in total. The van der Waals surface area contributed by atoms with Crippen LogP contribution in [0.4, 0.5) is 26.3 Å². The van der Waals surface area contributed by atoms with E-state index >= 15 is 0 Å². The first-order valence-corrected chi connectivity index (χ1v) is 10.7. The highest BCUT2D eigenvalue weighted by molar-refractivity contribution is 5.73. The van der Waals surface area contributed by atoms with Gasteiger partial charge in [-0.1, -0.05) is 37.3 Å². The van der Waals surface area contributed by atoms with Crippen molar-refractivity contribution in [3.8, 4) is 0 Å². The van der Waals surface area contributed by atoms with E-state index in [1.807, 2.05) is 7.11 Å². The van der Waals surface area contributed by atoms with Crippen molar-refractivity contribution in [2.75, 3.05) is 46.4 Å². The number of hydrogen-bond donors (Lipinski definition) is 2. The molecule has 0 aliphatic carbocycles. The maximum absolute atomic E-state index is 10.6. The summed E-state index contributed by atoms with van der Waals surface area (Å²) in [6.07, 6.45) is -8.84. The van der Waals surface area contributed by atoms with Crippen molar-refractivity contribution in [2.45, 2.75) is 32.2 Å². The average molecular weight is 516 g/mol. The molecule has 0 amide bonds. The molecule has 2 fully saturated rings. The van der Waals surface area contributed by atoms with Gasteiger partial charge in [-0.15, -0.1) is 0 Å². The van der Waals surface area contributed by atoms with Gasteiger partial charge in [0, 0.05) is 44.6 Å². The Labute approximate surface area is 199 Å². The SMILES string of the molecule is CCN1C[C@H](COC)[C@]2(CCN(Cc3ccccc3)C2)C1.O=C(O)C(F)(F)F.O=C(O)C(F)(F)F. The molecule has 1 spiro atoms. The van der Waals surface area contributed by atoms with Gasteiger partial charge in [0.2, 0.25) is 0 Å². The Morgan fingerprint density at radius 2 is 1.49 bits per heavy atom. The smallest absolute Gasteiger partial charge is 0.475 e. The average Bonchev–Trinajstić information content (AvgIpc) is 3.32. The number of carboxylic acid groups (broad SMARTS) is 2. The lowest BCUT2D eigenvalue weighted by molar-refractivity contribution is -0.193. The number of carbonyl (C=O) groups is 2. The molecule has 3 rings (SSSR count). The van der Waals surface area contributed by atoms with Gasteiger partial charge in [0.15, 0.2) is 0 Å². The number of alkyl halides is 6. The summed E-state index contributed by atoms with van der Waals surface area (Å²) in [5, 5.41) is 14.2. The maximum atomic E-state index is 10.6. The van der Waals surface area contributed by atoms with Crippen LogP contribution in [0.5, 0.6) is 0 Å². The molecule has 2 heterocycles. The first kappa shape index (κ1) is 30.7. The lowest BCUT2D eigenvalue weighted by Crippen LogP contribution is -2.36. The molecule has 1 aromatic rings. The molecule has 2 aliphatic heterocycles. The zero-order valence-electron chi connectivity index (χ0n) is 19.4. The number of nitrogens with zero attached hydrogens (tertiary/aromatic N) is 2. The summed E-state index contributed by atoms with van der Waals surface area (Å²) in [7, 11) is 1.85.